The molecule has 98 valence electrons. The Kier molecular flexibility index (Phi) is 5.02. The molecule has 2 aliphatic rings. The van der Waals surface area contributed by atoms with E-state index in [0.717, 1.165) is 38.3 Å². The van der Waals surface area contributed by atoms with Crippen LogP contribution in [0, 0.1) is 5.92 Å². The number of carbonyl (C=O) groups is 1. The monoisotopic (exact) mass is 237 g/mol. The summed E-state index contributed by atoms with van der Waals surface area (Å²) in [5, 5.41) is 0. The Bertz CT molecular complexity index is 243. The molecule has 0 aromatic rings. The van der Waals surface area contributed by atoms with Crippen LogP contribution in [0.3, 0.4) is 0 Å². The molecule has 0 heterocycles. The van der Waals surface area contributed by atoms with Crippen LogP contribution < -0.4 is 0 Å². The maximum atomic E-state index is 11.6. The Hall–Kier alpha value is -0.370. The summed E-state index contributed by atoms with van der Waals surface area (Å²) in [6.45, 7) is 1.13. The zero-order valence-electron chi connectivity index (χ0n) is 11.3. The summed E-state index contributed by atoms with van der Waals surface area (Å²) < 4.78 is 0. The van der Waals surface area contributed by atoms with Gasteiger partial charge in [0.2, 0.25) is 0 Å². The molecular weight excluding hydrogens is 210 g/mol. The largest absolute Gasteiger partial charge is 0.303 e. The average molecular weight is 237 g/mol. The summed E-state index contributed by atoms with van der Waals surface area (Å²) in [4.78, 5) is 14.1. The number of rotatable bonds is 4. The smallest absolute Gasteiger partial charge is 0.136 e. The molecule has 2 heteroatoms. The molecule has 1 atom stereocenters. The topological polar surface area (TPSA) is 20.3 Å². The van der Waals surface area contributed by atoms with Crippen molar-refractivity contribution in [2.45, 2.75) is 70.3 Å². The number of Topliss-reactive ketones (excluding diaryl/α,β-unsaturated/α-hetero) is 1. The molecule has 0 aromatic carbocycles. The fourth-order valence-electron chi connectivity index (χ4n) is 3.43. The highest BCUT2D eigenvalue weighted by atomic mass is 16.1. The van der Waals surface area contributed by atoms with Crippen molar-refractivity contribution in [2.24, 2.45) is 5.92 Å². The van der Waals surface area contributed by atoms with Crippen LogP contribution in [0.5, 0.6) is 0 Å². The molecule has 0 spiro atoms. The van der Waals surface area contributed by atoms with Crippen LogP contribution in [0.4, 0.5) is 0 Å². The third kappa shape index (κ3) is 3.80. The molecule has 2 fully saturated rings. The Morgan fingerprint density at radius 2 is 1.76 bits per heavy atom. The molecule has 0 aliphatic heterocycles. The van der Waals surface area contributed by atoms with Gasteiger partial charge in [-0.25, -0.2) is 0 Å². The lowest BCUT2D eigenvalue weighted by molar-refractivity contribution is -0.120. The van der Waals surface area contributed by atoms with Gasteiger partial charge in [-0.2, -0.15) is 0 Å². The molecule has 0 N–H and O–H groups in total. The number of carbonyl (C=O) groups excluding carboxylic acids is 1. The van der Waals surface area contributed by atoms with Crippen LogP contribution in [-0.2, 0) is 4.79 Å². The van der Waals surface area contributed by atoms with E-state index in [1.54, 1.807) is 0 Å². The molecular formula is C15H27NO. The second-order valence-electron chi connectivity index (χ2n) is 5.97. The first-order chi connectivity index (χ1) is 8.27. The first kappa shape index (κ1) is 13.1. The molecule has 0 radical (unpaired) electrons. The van der Waals surface area contributed by atoms with Crippen molar-refractivity contribution in [2.75, 3.05) is 13.6 Å². The van der Waals surface area contributed by atoms with Crippen molar-refractivity contribution in [3.8, 4) is 0 Å². The van der Waals surface area contributed by atoms with E-state index in [1.807, 2.05) is 0 Å². The Balaban J connectivity index is 1.72. The molecule has 0 saturated heterocycles. The van der Waals surface area contributed by atoms with Crippen molar-refractivity contribution in [1.29, 1.82) is 0 Å². The summed E-state index contributed by atoms with van der Waals surface area (Å²) in [7, 11) is 2.26. The SMILES string of the molecule is CN(CCC1CCCC1=O)C1CCCCCC1. The lowest BCUT2D eigenvalue weighted by atomic mass is 10.0. The predicted molar refractivity (Wildman–Crippen MR) is 71.1 cm³/mol. The van der Waals surface area contributed by atoms with Crippen LogP contribution in [0.25, 0.3) is 0 Å². The van der Waals surface area contributed by atoms with E-state index in [1.165, 1.54) is 38.5 Å². The van der Waals surface area contributed by atoms with Gasteiger partial charge in [0.05, 0.1) is 0 Å². The van der Waals surface area contributed by atoms with Gasteiger partial charge in [-0.15, -0.1) is 0 Å². The molecule has 2 rings (SSSR count). The van der Waals surface area contributed by atoms with Gasteiger partial charge in [-0.05, 0) is 45.7 Å². The fraction of sp³-hybridized carbons (Fsp3) is 0.933. The number of nitrogens with zero attached hydrogens (tertiary/aromatic N) is 1. The van der Waals surface area contributed by atoms with Gasteiger partial charge in [0.15, 0.2) is 0 Å². The van der Waals surface area contributed by atoms with Gasteiger partial charge < -0.3 is 4.90 Å². The van der Waals surface area contributed by atoms with Crippen molar-refractivity contribution in [1.82, 2.24) is 4.90 Å². The van der Waals surface area contributed by atoms with Crippen LogP contribution in [0.15, 0.2) is 0 Å². The van der Waals surface area contributed by atoms with E-state index in [9.17, 15) is 4.79 Å². The quantitative estimate of drug-likeness (QED) is 0.698. The molecule has 17 heavy (non-hydrogen) atoms. The van der Waals surface area contributed by atoms with Crippen molar-refractivity contribution in [3.05, 3.63) is 0 Å². The zero-order chi connectivity index (χ0) is 12.1. The molecule has 2 aliphatic carbocycles. The summed E-state index contributed by atoms with van der Waals surface area (Å²) in [6.07, 6.45) is 12.6. The minimum Gasteiger partial charge on any atom is -0.303 e. The second-order valence-corrected chi connectivity index (χ2v) is 5.97. The van der Waals surface area contributed by atoms with Crippen molar-refractivity contribution in [3.63, 3.8) is 0 Å². The van der Waals surface area contributed by atoms with E-state index in [4.69, 9.17) is 0 Å². The summed E-state index contributed by atoms with van der Waals surface area (Å²) >= 11 is 0. The highest BCUT2D eigenvalue weighted by molar-refractivity contribution is 5.82. The Morgan fingerprint density at radius 1 is 1.06 bits per heavy atom. The summed E-state index contributed by atoms with van der Waals surface area (Å²) in [5.74, 6) is 0.919. The summed E-state index contributed by atoms with van der Waals surface area (Å²) in [5.41, 5.74) is 0. The van der Waals surface area contributed by atoms with Gasteiger partial charge in [0, 0.05) is 18.4 Å². The van der Waals surface area contributed by atoms with Crippen LogP contribution in [-0.4, -0.2) is 30.3 Å². The van der Waals surface area contributed by atoms with Crippen LogP contribution in [0.1, 0.15) is 64.2 Å². The first-order valence-corrected chi connectivity index (χ1v) is 7.50. The lowest BCUT2D eigenvalue weighted by Crippen LogP contribution is -2.33. The minimum absolute atomic E-state index is 0.392. The minimum atomic E-state index is 0.392. The fourth-order valence-corrected chi connectivity index (χ4v) is 3.43. The molecule has 0 aromatic heterocycles. The molecule has 2 saturated carbocycles. The number of hydrogen-bond donors (Lipinski definition) is 0. The second kappa shape index (κ2) is 6.53. The number of hydrogen-bond acceptors (Lipinski definition) is 2. The lowest BCUT2D eigenvalue weighted by Gasteiger charge is -2.27. The van der Waals surface area contributed by atoms with Gasteiger partial charge >= 0.3 is 0 Å². The van der Waals surface area contributed by atoms with Gasteiger partial charge in [0.25, 0.3) is 0 Å². The van der Waals surface area contributed by atoms with Crippen LogP contribution >= 0.6 is 0 Å². The third-order valence-corrected chi connectivity index (χ3v) is 4.71. The van der Waals surface area contributed by atoms with E-state index in [0.29, 0.717) is 11.7 Å². The predicted octanol–water partition coefficient (Wildman–Crippen LogP) is 3.40. The normalized spacial score (nSPS) is 27.6. The van der Waals surface area contributed by atoms with Gasteiger partial charge in [0.1, 0.15) is 5.78 Å². The highest BCUT2D eigenvalue weighted by Crippen LogP contribution is 2.26. The van der Waals surface area contributed by atoms with Gasteiger partial charge in [-0.3, -0.25) is 4.79 Å². The van der Waals surface area contributed by atoms with Crippen LogP contribution in [0.2, 0.25) is 0 Å². The standard InChI is InChI=1S/C15H27NO/c1-16(14-8-4-2-3-5-9-14)12-11-13-7-6-10-15(13)17/h13-14H,2-12H2,1H3. The maximum absolute atomic E-state index is 11.6. The van der Waals surface area contributed by atoms with Gasteiger partial charge in [-0.1, -0.05) is 25.7 Å². The molecule has 2 nitrogen and oxygen atoms in total. The van der Waals surface area contributed by atoms with E-state index in [2.05, 4.69) is 11.9 Å². The number of ketones is 1. The van der Waals surface area contributed by atoms with E-state index < -0.39 is 0 Å². The maximum Gasteiger partial charge on any atom is 0.136 e. The molecule has 0 bridgehead atoms. The average Bonchev–Trinajstić information content (AvgIpc) is 2.58. The molecule has 1 unspecified atom stereocenters. The molecule has 0 amide bonds. The first-order valence-electron chi connectivity index (χ1n) is 7.50. The zero-order valence-corrected chi connectivity index (χ0v) is 11.3. The van der Waals surface area contributed by atoms with E-state index in [-0.39, 0.29) is 0 Å². The highest BCUT2D eigenvalue weighted by Gasteiger charge is 2.25. The van der Waals surface area contributed by atoms with Crippen molar-refractivity contribution < 1.29 is 4.79 Å². The third-order valence-electron chi connectivity index (χ3n) is 4.71. The Labute approximate surface area is 106 Å². The van der Waals surface area contributed by atoms with Crippen molar-refractivity contribution >= 4 is 5.78 Å². The Morgan fingerprint density at radius 3 is 2.35 bits per heavy atom. The summed E-state index contributed by atoms with van der Waals surface area (Å²) in [6, 6.07) is 0.786. The van der Waals surface area contributed by atoms with E-state index >= 15 is 0 Å².